The number of amides is 1. The van der Waals surface area contributed by atoms with Crippen molar-refractivity contribution in [1.82, 2.24) is 4.48 Å². The van der Waals surface area contributed by atoms with Gasteiger partial charge in [-0.2, -0.15) is 5.26 Å². The molecule has 3 nitrogen and oxygen atoms in total. The lowest BCUT2D eigenvalue weighted by molar-refractivity contribution is -0.135. The minimum Gasteiger partial charge on any atom is -0.230 e. The smallest absolute Gasteiger partial charge is 0.230 e. The van der Waals surface area contributed by atoms with Crippen LogP contribution in [0, 0.1) is 39.9 Å². The van der Waals surface area contributed by atoms with Gasteiger partial charge in [-0.3, -0.25) is 0 Å². The Morgan fingerprint density at radius 3 is 2.68 bits per heavy atom. The SMILES string of the molecule is CC1=C2[C@](C)(CCC(=O)[N+]2(C)c2cccc(Cl)c2C#N)[C@H]2CC[C@]3(C)CCC[C@H]3[C@@H]2C1. The van der Waals surface area contributed by atoms with Crippen LogP contribution in [0.2, 0.25) is 5.02 Å². The van der Waals surface area contributed by atoms with Crippen molar-refractivity contribution in [1.29, 1.82) is 5.26 Å². The maximum Gasteiger partial charge on any atom is 0.323 e. The molecule has 0 spiro atoms. The van der Waals surface area contributed by atoms with Gasteiger partial charge in [0.15, 0.2) is 5.69 Å². The lowest BCUT2D eigenvalue weighted by Crippen LogP contribution is -2.62. The number of carbonyl (C=O) groups excluding carboxylic acids is 1. The Morgan fingerprint density at radius 1 is 1.16 bits per heavy atom. The molecule has 1 amide bonds. The fourth-order valence-corrected chi connectivity index (χ4v) is 8.84. The van der Waals surface area contributed by atoms with E-state index in [9.17, 15) is 10.1 Å². The van der Waals surface area contributed by atoms with Gasteiger partial charge < -0.3 is 0 Å². The predicted octanol–water partition coefficient (Wildman–Crippen LogP) is 6.99. The van der Waals surface area contributed by atoms with E-state index in [1.807, 2.05) is 19.2 Å². The Morgan fingerprint density at radius 2 is 1.94 bits per heavy atom. The summed E-state index contributed by atoms with van der Waals surface area (Å²) in [4.78, 5) is 13.6. The van der Waals surface area contributed by atoms with Crippen molar-refractivity contribution < 1.29 is 4.79 Å². The lowest BCUT2D eigenvalue weighted by atomic mass is 9.48. The summed E-state index contributed by atoms with van der Waals surface area (Å²) in [5, 5.41) is 10.3. The second-order valence-corrected chi connectivity index (χ2v) is 11.8. The molecule has 1 aromatic carbocycles. The fraction of sp³-hybridized carbons (Fsp3) is 0.630. The van der Waals surface area contributed by atoms with Crippen LogP contribution in [0.25, 0.3) is 0 Å². The van der Waals surface area contributed by atoms with Gasteiger partial charge in [0.05, 0.1) is 18.5 Å². The van der Waals surface area contributed by atoms with E-state index in [1.165, 1.54) is 43.4 Å². The van der Waals surface area contributed by atoms with Crippen LogP contribution in [0.15, 0.2) is 29.5 Å². The quantitative estimate of drug-likeness (QED) is 0.444. The fourth-order valence-electron chi connectivity index (χ4n) is 8.63. The van der Waals surface area contributed by atoms with Crippen LogP contribution in [0.3, 0.4) is 0 Å². The van der Waals surface area contributed by atoms with Crippen molar-refractivity contribution in [3.05, 3.63) is 40.1 Å². The van der Waals surface area contributed by atoms with Gasteiger partial charge in [0.25, 0.3) is 0 Å². The Balaban J connectivity index is 1.70. The number of rotatable bonds is 1. The number of quaternary nitrogens is 1. The van der Waals surface area contributed by atoms with Gasteiger partial charge in [-0.15, -0.1) is 0 Å². The van der Waals surface area contributed by atoms with E-state index >= 15 is 0 Å². The van der Waals surface area contributed by atoms with Gasteiger partial charge >= 0.3 is 5.91 Å². The van der Waals surface area contributed by atoms with E-state index in [2.05, 4.69) is 26.8 Å². The third-order valence-corrected chi connectivity index (χ3v) is 10.2. The minimum absolute atomic E-state index is 0.00533. The number of nitriles is 1. The second-order valence-electron chi connectivity index (χ2n) is 11.4. The molecule has 4 heteroatoms. The van der Waals surface area contributed by atoms with Gasteiger partial charge in [0.1, 0.15) is 17.3 Å². The summed E-state index contributed by atoms with van der Waals surface area (Å²) < 4.78 is 0.122. The van der Waals surface area contributed by atoms with E-state index < -0.39 is 0 Å². The summed E-state index contributed by atoms with van der Waals surface area (Å²) in [6.45, 7) is 7.23. The number of carbonyl (C=O) groups is 1. The molecule has 1 saturated heterocycles. The van der Waals surface area contributed by atoms with E-state index in [0.717, 1.165) is 30.4 Å². The molecule has 6 atom stereocenters. The van der Waals surface area contributed by atoms with Gasteiger partial charge in [0.2, 0.25) is 0 Å². The van der Waals surface area contributed by atoms with Crippen LogP contribution in [0.1, 0.15) is 77.7 Å². The van der Waals surface area contributed by atoms with E-state index in [-0.39, 0.29) is 15.8 Å². The summed E-state index contributed by atoms with van der Waals surface area (Å²) in [6.07, 6.45) is 9.29. The summed E-state index contributed by atoms with van der Waals surface area (Å²) in [7, 11) is 2.02. The molecule has 0 bridgehead atoms. The number of hydrogen-bond donors (Lipinski definition) is 0. The van der Waals surface area contributed by atoms with E-state index in [0.29, 0.717) is 28.3 Å². The topological polar surface area (TPSA) is 40.9 Å². The molecule has 0 N–H and O–H groups in total. The number of fused-ring (bicyclic) bond motifs is 5. The molecule has 3 fully saturated rings. The van der Waals surface area contributed by atoms with Gasteiger partial charge in [-0.25, -0.2) is 9.28 Å². The van der Waals surface area contributed by atoms with Gasteiger partial charge in [0, 0.05) is 11.5 Å². The zero-order valence-electron chi connectivity index (χ0n) is 19.3. The first-order valence-electron chi connectivity index (χ1n) is 12.0. The zero-order chi connectivity index (χ0) is 22.2. The second kappa shape index (κ2) is 6.93. The summed E-state index contributed by atoms with van der Waals surface area (Å²) >= 11 is 6.43. The third-order valence-electron chi connectivity index (χ3n) is 9.91. The first-order chi connectivity index (χ1) is 14.7. The molecular formula is C27H34ClN2O+. The van der Waals surface area contributed by atoms with Crippen molar-refractivity contribution >= 4 is 23.2 Å². The molecule has 5 rings (SSSR count). The molecule has 0 radical (unpaired) electrons. The highest BCUT2D eigenvalue weighted by Gasteiger charge is 2.63. The van der Waals surface area contributed by atoms with Crippen molar-refractivity contribution in [2.75, 3.05) is 7.05 Å². The maximum atomic E-state index is 13.6. The molecule has 1 unspecified atom stereocenters. The summed E-state index contributed by atoms with van der Waals surface area (Å²) in [5.41, 5.74) is 4.33. The Hall–Kier alpha value is -1.63. The standard InChI is InChI=1S/C27H34ClN2O/c1-17-15-18-20-7-6-12-26(20,2)13-10-21(18)27(3)14-11-24(31)30(4,25(17)27)23-9-5-8-22(28)19(23)16-29/h5,8-9,18,20-21H,6-7,10-15H2,1-4H3/q+1/t18-,20-,21-,26-,27+,30?/m0/s1. The van der Waals surface area contributed by atoms with Crippen LogP contribution < -0.4 is 4.48 Å². The number of halogens is 1. The average Bonchev–Trinajstić information content (AvgIpc) is 3.13. The monoisotopic (exact) mass is 437 g/mol. The van der Waals surface area contributed by atoms with Gasteiger partial charge in [-0.05, 0) is 80.3 Å². The average molecular weight is 438 g/mol. The van der Waals surface area contributed by atoms with Crippen molar-refractivity contribution in [2.45, 2.75) is 72.1 Å². The number of likely N-dealkylation sites (tertiary alicyclic amines) is 1. The molecule has 3 aliphatic carbocycles. The Bertz CT molecular complexity index is 1040. The Labute approximate surface area is 191 Å². The third kappa shape index (κ3) is 2.71. The van der Waals surface area contributed by atoms with Crippen LogP contribution in [0.5, 0.6) is 0 Å². The van der Waals surface area contributed by atoms with Crippen LogP contribution in [-0.4, -0.2) is 13.0 Å². The number of allylic oxidation sites excluding steroid dienone is 2. The van der Waals surface area contributed by atoms with Crippen LogP contribution in [0.4, 0.5) is 5.69 Å². The number of benzene rings is 1. The molecule has 31 heavy (non-hydrogen) atoms. The predicted molar refractivity (Wildman–Crippen MR) is 125 cm³/mol. The maximum absolute atomic E-state index is 13.6. The van der Waals surface area contributed by atoms with Crippen LogP contribution in [-0.2, 0) is 4.79 Å². The molecule has 0 aromatic heterocycles. The summed E-state index contributed by atoms with van der Waals surface area (Å²) in [5.74, 6) is 2.35. The largest absolute Gasteiger partial charge is 0.323 e. The zero-order valence-corrected chi connectivity index (χ0v) is 20.1. The molecule has 1 aliphatic heterocycles. The number of hydrogen-bond acceptors (Lipinski definition) is 2. The normalized spacial score (nSPS) is 41.9. The van der Waals surface area contributed by atoms with E-state index in [4.69, 9.17) is 11.6 Å². The van der Waals surface area contributed by atoms with E-state index in [1.54, 1.807) is 6.07 Å². The van der Waals surface area contributed by atoms with Crippen molar-refractivity contribution in [2.24, 2.45) is 28.6 Å². The first-order valence-corrected chi connectivity index (χ1v) is 12.3. The molecule has 4 aliphatic rings. The molecule has 1 heterocycles. The highest BCUT2D eigenvalue weighted by Crippen LogP contribution is 2.66. The highest BCUT2D eigenvalue weighted by atomic mass is 35.5. The lowest BCUT2D eigenvalue weighted by Gasteiger charge is -2.59. The molecular weight excluding hydrogens is 404 g/mol. The summed E-state index contributed by atoms with van der Waals surface area (Å²) in [6, 6.07) is 7.87. The van der Waals surface area contributed by atoms with Crippen LogP contribution >= 0.6 is 11.6 Å². The highest BCUT2D eigenvalue weighted by molar-refractivity contribution is 6.32. The van der Waals surface area contributed by atoms with Crippen molar-refractivity contribution in [3.63, 3.8) is 0 Å². The molecule has 2 saturated carbocycles. The minimum atomic E-state index is -0.00533. The molecule has 164 valence electrons. The van der Waals surface area contributed by atoms with Crippen molar-refractivity contribution in [3.8, 4) is 6.07 Å². The molecule has 1 aromatic rings. The first kappa shape index (κ1) is 21.2. The number of piperidine rings is 1. The van der Waals surface area contributed by atoms with Gasteiger partial charge in [-0.1, -0.05) is 37.9 Å². The number of nitrogens with zero attached hydrogens (tertiary/aromatic N) is 2. The Kier molecular flexibility index (Phi) is 4.75.